The van der Waals surface area contributed by atoms with Crippen molar-refractivity contribution >= 4 is 11.8 Å². The lowest BCUT2D eigenvalue weighted by Gasteiger charge is -2.23. The number of alkyl halides is 3. The first kappa shape index (κ1) is 21.3. The van der Waals surface area contributed by atoms with E-state index in [0.717, 1.165) is 5.56 Å². The molecule has 0 radical (unpaired) electrons. The minimum atomic E-state index is -4.82. The number of hydrogen-bond acceptors (Lipinski definition) is 3. The Morgan fingerprint density at radius 3 is 2.29 bits per heavy atom. The predicted molar refractivity (Wildman–Crippen MR) is 97.2 cm³/mol. The van der Waals surface area contributed by atoms with Crippen molar-refractivity contribution in [3.05, 3.63) is 65.7 Å². The van der Waals surface area contributed by atoms with Gasteiger partial charge >= 0.3 is 6.36 Å². The molecule has 0 aliphatic carbocycles. The molecule has 150 valence electrons. The van der Waals surface area contributed by atoms with E-state index in [0.29, 0.717) is 0 Å². The minimum Gasteiger partial charge on any atom is -0.405 e. The van der Waals surface area contributed by atoms with E-state index in [2.05, 4.69) is 10.1 Å². The van der Waals surface area contributed by atoms with Crippen molar-refractivity contribution in [1.82, 2.24) is 10.2 Å². The molecule has 28 heavy (non-hydrogen) atoms. The van der Waals surface area contributed by atoms with Crippen molar-refractivity contribution < 1.29 is 27.5 Å². The van der Waals surface area contributed by atoms with Gasteiger partial charge < -0.3 is 15.0 Å². The number of nitrogens with zero attached hydrogens (tertiary/aromatic N) is 1. The van der Waals surface area contributed by atoms with Crippen LogP contribution in [0.25, 0.3) is 0 Å². The van der Waals surface area contributed by atoms with Crippen LogP contribution < -0.4 is 10.1 Å². The number of ether oxygens (including phenoxy) is 1. The summed E-state index contributed by atoms with van der Waals surface area (Å²) in [6.45, 7) is 1.29. The molecule has 0 spiro atoms. The lowest BCUT2D eigenvalue weighted by molar-refractivity contribution is -0.275. The number of para-hydroxylation sites is 1. The standard InChI is InChI=1S/C20H21F3N2O3/c1-14(26)24-17(15-8-4-3-5-9-15)12-19(27)25(2)13-16-10-6-7-11-18(16)28-20(21,22)23/h3-11,17H,12-13H2,1-2H3,(H,24,26). The summed E-state index contributed by atoms with van der Waals surface area (Å²) in [7, 11) is 1.49. The van der Waals surface area contributed by atoms with Crippen molar-refractivity contribution in [1.29, 1.82) is 0 Å². The van der Waals surface area contributed by atoms with Crippen LogP contribution in [-0.4, -0.2) is 30.1 Å². The maximum atomic E-state index is 12.6. The molecule has 2 rings (SSSR count). The van der Waals surface area contributed by atoms with Gasteiger partial charge in [-0.25, -0.2) is 0 Å². The molecule has 1 N–H and O–H groups in total. The third-order valence-electron chi connectivity index (χ3n) is 3.99. The summed E-state index contributed by atoms with van der Waals surface area (Å²) in [5.74, 6) is -0.964. The number of rotatable bonds is 7. The van der Waals surface area contributed by atoms with Gasteiger partial charge in [-0.05, 0) is 11.6 Å². The van der Waals surface area contributed by atoms with Gasteiger partial charge in [-0.3, -0.25) is 9.59 Å². The van der Waals surface area contributed by atoms with E-state index in [1.54, 1.807) is 30.3 Å². The van der Waals surface area contributed by atoms with E-state index in [1.807, 2.05) is 6.07 Å². The van der Waals surface area contributed by atoms with Crippen LogP contribution in [0.5, 0.6) is 5.75 Å². The zero-order valence-corrected chi connectivity index (χ0v) is 15.5. The van der Waals surface area contributed by atoms with E-state index in [9.17, 15) is 22.8 Å². The molecule has 0 aromatic heterocycles. The van der Waals surface area contributed by atoms with Gasteiger partial charge in [0.15, 0.2) is 0 Å². The molecule has 0 saturated carbocycles. The third-order valence-corrected chi connectivity index (χ3v) is 3.99. The molecule has 2 aromatic rings. The molecule has 2 amide bonds. The zero-order chi connectivity index (χ0) is 20.7. The Bertz CT molecular complexity index is 810. The van der Waals surface area contributed by atoms with Crippen LogP contribution in [-0.2, 0) is 16.1 Å². The summed E-state index contributed by atoms with van der Waals surface area (Å²) in [5.41, 5.74) is 0.992. The monoisotopic (exact) mass is 394 g/mol. The van der Waals surface area contributed by atoms with E-state index >= 15 is 0 Å². The van der Waals surface area contributed by atoms with Crippen molar-refractivity contribution in [2.24, 2.45) is 0 Å². The molecular formula is C20H21F3N2O3. The topological polar surface area (TPSA) is 58.6 Å². The van der Waals surface area contributed by atoms with Gasteiger partial charge in [0.2, 0.25) is 11.8 Å². The van der Waals surface area contributed by atoms with Crippen molar-refractivity contribution in [3.63, 3.8) is 0 Å². The van der Waals surface area contributed by atoms with Crippen LogP contribution >= 0.6 is 0 Å². The highest BCUT2D eigenvalue weighted by molar-refractivity contribution is 5.79. The second-order valence-electron chi connectivity index (χ2n) is 6.27. The summed E-state index contributed by atoms with van der Waals surface area (Å²) in [6, 6.07) is 14.1. The summed E-state index contributed by atoms with van der Waals surface area (Å²) >= 11 is 0. The lowest BCUT2D eigenvalue weighted by atomic mass is 10.0. The molecule has 0 aliphatic heterocycles. The van der Waals surface area contributed by atoms with Crippen molar-refractivity contribution in [2.45, 2.75) is 32.3 Å². The Balaban J connectivity index is 2.10. The Labute approximate surface area is 161 Å². The van der Waals surface area contributed by atoms with Crippen LogP contribution in [0.4, 0.5) is 13.2 Å². The minimum absolute atomic E-state index is 0.0254. The molecule has 8 heteroatoms. The Kier molecular flexibility index (Phi) is 7.03. The molecule has 2 aromatic carbocycles. The average molecular weight is 394 g/mol. The van der Waals surface area contributed by atoms with E-state index in [-0.39, 0.29) is 36.1 Å². The summed E-state index contributed by atoms with van der Waals surface area (Å²) < 4.78 is 41.7. The van der Waals surface area contributed by atoms with Gasteiger partial charge in [-0.15, -0.1) is 13.2 Å². The Hall–Kier alpha value is -3.03. The van der Waals surface area contributed by atoms with E-state index in [1.165, 1.54) is 37.1 Å². The first-order valence-corrected chi connectivity index (χ1v) is 8.55. The Morgan fingerprint density at radius 1 is 1.07 bits per heavy atom. The molecule has 0 saturated heterocycles. The smallest absolute Gasteiger partial charge is 0.405 e. The van der Waals surface area contributed by atoms with Gasteiger partial charge in [0.05, 0.1) is 12.5 Å². The number of halogens is 3. The van der Waals surface area contributed by atoms with E-state index < -0.39 is 12.4 Å². The number of carbonyl (C=O) groups excluding carboxylic acids is 2. The fourth-order valence-electron chi connectivity index (χ4n) is 2.72. The largest absolute Gasteiger partial charge is 0.573 e. The van der Waals surface area contributed by atoms with Crippen LogP contribution in [0, 0.1) is 0 Å². The van der Waals surface area contributed by atoms with Gasteiger partial charge in [-0.1, -0.05) is 48.5 Å². The Morgan fingerprint density at radius 2 is 1.68 bits per heavy atom. The molecule has 1 atom stereocenters. The fourth-order valence-corrected chi connectivity index (χ4v) is 2.72. The summed E-state index contributed by atoms with van der Waals surface area (Å²) in [5, 5.41) is 2.73. The molecule has 0 fully saturated rings. The summed E-state index contributed by atoms with van der Waals surface area (Å²) in [6.07, 6.45) is -4.84. The van der Waals surface area contributed by atoms with Crippen LogP contribution in [0.3, 0.4) is 0 Å². The van der Waals surface area contributed by atoms with Crippen LogP contribution in [0.15, 0.2) is 54.6 Å². The first-order chi connectivity index (χ1) is 13.2. The second kappa shape index (κ2) is 9.25. The second-order valence-corrected chi connectivity index (χ2v) is 6.27. The lowest BCUT2D eigenvalue weighted by Crippen LogP contribution is -2.33. The molecule has 0 heterocycles. The van der Waals surface area contributed by atoms with Gasteiger partial charge in [0.25, 0.3) is 0 Å². The van der Waals surface area contributed by atoms with Crippen molar-refractivity contribution in [2.75, 3.05) is 7.05 Å². The molecule has 1 unspecified atom stereocenters. The number of benzene rings is 2. The maximum Gasteiger partial charge on any atom is 0.573 e. The first-order valence-electron chi connectivity index (χ1n) is 8.55. The van der Waals surface area contributed by atoms with Gasteiger partial charge in [-0.2, -0.15) is 0 Å². The van der Waals surface area contributed by atoms with Gasteiger partial charge in [0, 0.05) is 26.1 Å². The third kappa shape index (κ3) is 6.61. The number of amides is 2. The molecule has 0 bridgehead atoms. The van der Waals surface area contributed by atoms with Crippen LogP contribution in [0.1, 0.15) is 30.5 Å². The highest BCUT2D eigenvalue weighted by atomic mass is 19.4. The molecule has 0 aliphatic rings. The quantitative estimate of drug-likeness (QED) is 0.777. The number of carbonyl (C=O) groups is 2. The molecule has 5 nitrogen and oxygen atoms in total. The van der Waals surface area contributed by atoms with Gasteiger partial charge in [0.1, 0.15) is 5.75 Å². The predicted octanol–water partition coefficient (Wildman–Crippen LogP) is 3.81. The normalized spacial score (nSPS) is 12.2. The average Bonchev–Trinajstić information content (AvgIpc) is 2.62. The SMILES string of the molecule is CC(=O)NC(CC(=O)N(C)Cc1ccccc1OC(F)(F)F)c1ccccc1. The van der Waals surface area contributed by atoms with Crippen LogP contribution in [0.2, 0.25) is 0 Å². The van der Waals surface area contributed by atoms with Crippen molar-refractivity contribution in [3.8, 4) is 5.75 Å². The highest BCUT2D eigenvalue weighted by Gasteiger charge is 2.32. The maximum absolute atomic E-state index is 12.6. The fraction of sp³-hybridized carbons (Fsp3) is 0.300. The highest BCUT2D eigenvalue weighted by Crippen LogP contribution is 2.27. The number of nitrogens with one attached hydrogen (secondary N) is 1. The zero-order valence-electron chi connectivity index (χ0n) is 15.5. The summed E-state index contributed by atoms with van der Waals surface area (Å²) in [4.78, 5) is 25.4. The number of hydrogen-bond donors (Lipinski definition) is 1. The molecular weight excluding hydrogens is 373 g/mol. The van der Waals surface area contributed by atoms with E-state index in [4.69, 9.17) is 0 Å².